The largest absolute Gasteiger partial charge is 0.329 e. The minimum absolute atomic E-state index is 0.186. The zero-order chi connectivity index (χ0) is 10.6. The van der Waals surface area contributed by atoms with E-state index in [4.69, 9.17) is 5.73 Å². The van der Waals surface area contributed by atoms with Crippen LogP contribution in [0.1, 0.15) is 18.7 Å². The number of nitrogens with two attached hydrogens (primary N) is 1. The van der Waals surface area contributed by atoms with Gasteiger partial charge in [0.25, 0.3) is 0 Å². The minimum atomic E-state index is 0.186. The molecule has 0 aliphatic carbocycles. The van der Waals surface area contributed by atoms with E-state index in [1.807, 2.05) is 0 Å². The Labute approximate surface area is 98.0 Å². The highest BCUT2D eigenvalue weighted by atomic mass is 79.9. The summed E-state index contributed by atoms with van der Waals surface area (Å²) in [7, 11) is 0. The van der Waals surface area contributed by atoms with Gasteiger partial charge in [-0.05, 0) is 28.1 Å². The van der Waals surface area contributed by atoms with E-state index in [0.717, 1.165) is 13.1 Å². The molecular formula is C10H17BrN2S. The molecule has 4 heteroatoms. The van der Waals surface area contributed by atoms with Crippen LogP contribution in [0.5, 0.6) is 0 Å². The highest BCUT2D eigenvalue weighted by Gasteiger charge is 2.21. The Balaban J connectivity index is 2.56. The molecule has 0 spiro atoms. The van der Waals surface area contributed by atoms with Crippen LogP contribution in [0.15, 0.2) is 15.9 Å². The molecule has 1 aromatic heterocycles. The Hall–Kier alpha value is 0.1000. The molecule has 1 aromatic rings. The Morgan fingerprint density at radius 2 is 2.21 bits per heavy atom. The fraction of sp³-hybridized carbons (Fsp3) is 0.600. The molecular weight excluding hydrogens is 260 g/mol. The molecule has 0 aliphatic rings. The van der Waals surface area contributed by atoms with Gasteiger partial charge in [0.1, 0.15) is 0 Å². The highest BCUT2D eigenvalue weighted by Crippen LogP contribution is 2.32. The average Bonchev–Trinajstić information content (AvgIpc) is 2.53. The Morgan fingerprint density at radius 1 is 1.50 bits per heavy atom. The SMILES string of the molecule is CC(C)(CNCCN)c1ccc(Br)s1. The first-order valence-electron chi connectivity index (χ1n) is 4.73. The summed E-state index contributed by atoms with van der Waals surface area (Å²) in [4.78, 5) is 1.40. The molecule has 0 atom stereocenters. The molecule has 14 heavy (non-hydrogen) atoms. The van der Waals surface area contributed by atoms with Crippen LogP contribution < -0.4 is 11.1 Å². The molecule has 0 saturated heterocycles. The van der Waals surface area contributed by atoms with Crippen molar-refractivity contribution in [3.05, 3.63) is 20.8 Å². The van der Waals surface area contributed by atoms with Gasteiger partial charge >= 0.3 is 0 Å². The van der Waals surface area contributed by atoms with Crippen LogP contribution in [0, 0.1) is 0 Å². The van der Waals surface area contributed by atoms with Gasteiger partial charge in [-0.1, -0.05) is 13.8 Å². The summed E-state index contributed by atoms with van der Waals surface area (Å²) in [6, 6.07) is 4.28. The van der Waals surface area contributed by atoms with Crippen molar-refractivity contribution in [2.24, 2.45) is 5.73 Å². The van der Waals surface area contributed by atoms with Crippen LogP contribution in [-0.2, 0) is 5.41 Å². The molecule has 2 nitrogen and oxygen atoms in total. The van der Waals surface area contributed by atoms with Crippen molar-refractivity contribution in [1.29, 1.82) is 0 Å². The second-order valence-electron chi connectivity index (χ2n) is 3.95. The van der Waals surface area contributed by atoms with Crippen molar-refractivity contribution in [3.63, 3.8) is 0 Å². The quantitative estimate of drug-likeness (QED) is 0.811. The molecule has 0 aliphatic heterocycles. The van der Waals surface area contributed by atoms with Gasteiger partial charge in [0.15, 0.2) is 0 Å². The van der Waals surface area contributed by atoms with Gasteiger partial charge in [-0.15, -0.1) is 11.3 Å². The van der Waals surface area contributed by atoms with Crippen molar-refractivity contribution in [2.45, 2.75) is 19.3 Å². The summed E-state index contributed by atoms with van der Waals surface area (Å²) >= 11 is 5.28. The van der Waals surface area contributed by atoms with Crippen LogP contribution in [0.4, 0.5) is 0 Å². The Bertz CT molecular complexity index is 283. The smallest absolute Gasteiger partial charge is 0.0701 e. The maximum Gasteiger partial charge on any atom is 0.0701 e. The second kappa shape index (κ2) is 5.26. The molecule has 0 fully saturated rings. The first-order chi connectivity index (χ1) is 6.56. The van der Waals surface area contributed by atoms with Crippen LogP contribution in [-0.4, -0.2) is 19.6 Å². The summed E-state index contributed by atoms with van der Waals surface area (Å²) in [5, 5.41) is 3.35. The lowest BCUT2D eigenvalue weighted by molar-refractivity contribution is 0.481. The zero-order valence-corrected chi connectivity index (χ0v) is 11.0. The number of halogens is 1. The van der Waals surface area contributed by atoms with E-state index in [-0.39, 0.29) is 5.41 Å². The van der Waals surface area contributed by atoms with E-state index in [1.54, 1.807) is 11.3 Å². The normalized spacial score (nSPS) is 12.0. The lowest BCUT2D eigenvalue weighted by Gasteiger charge is -2.23. The maximum atomic E-state index is 5.43. The van der Waals surface area contributed by atoms with E-state index in [9.17, 15) is 0 Å². The first kappa shape index (κ1) is 12.2. The molecule has 0 radical (unpaired) electrons. The van der Waals surface area contributed by atoms with E-state index in [1.165, 1.54) is 8.66 Å². The molecule has 0 aromatic carbocycles. The first-order valence-corrected chi connectivity index (χ1v) is 6.34. The average molecular weight is 277 g/mol. The Kier molecular flexibility index (Phi) is 4.57. The van der Waals surface area contributed by atoms with Crippen LogP contribution >= 0.6 is 27.3 Å². The topological polar surface area (TPSA) is 38.0 Å². The maximum absolute atomic E-state index is 5.43. The van der Waals surface area contributed by atoms with Crippen LogP contribution in [0.2, 0.25) is 0 Å². The monoisotopic (exact) mass is 276 g/mol. The molecule has 3 N–H and O–H groups in total. The predicted molar refractivity (Wildman–Crippen MR) is 67.0 cm³/mol. The highest BCUT2D eigenvalue weighted by molar-refractivity contribution is 9.11. The number of hydrogen-bond donors (Lipinski definition) is 2. The van der Waals surface area contributed by atoms with E-state index >= 15 is 0 Å². The van der Waals surface area contributed by atoms with Crippen molar-refractivity contribution in [1.82, 2.24) is 5.32 Å². The molecule has 80 valence electrons. The number of rotatable bonds is 5. The fourth-order valence-corrected chi connectivity index (χ4v) is 2.75. The van der Waals surface area contributed by atoms with Crippen LogP contribution in [0.3, 0.4) is 0 Å². The van der Waals surface area contributed by atoms with E-state index in [2.05, 4.69) is 47.2 Å². The van der Waals surface area contributed by atoms with Crippen LogP contribution in [0.25, 0.3) is 0 Å². The van der Waals surface area contributed by atoms with Gasteiger partial charge in [-0.3, -0.25) is 0 Å². The summed E-state index contributed by atoms with van der Waals surface area (Å²) in [5.74, 6) is 0. The van der Waals surface area contributed by atoms with Gasteiger partial charge in [0.05, 0.1) is 3.79 Å². The summed E-state index contributed by atoms with van der Waals surface area (Å²) in [6.07, 6.45) is 0. The molecule has 0 saturated carbocycles. The lowest BCUT2D eigenvalue weighted by atomic mass is 9.91. The van der Waals surface area contributed by atoms with Gasteiger partial charge in [0.2, 0.25) is 0 Å². The van der Waals surface area contributed by atoms with Crippen molar-refractivity contribution < 1.29 is 0 Å². The van der Waals surface area contributed by atoms with Gasteiger partial charge in [-0.2, -0.15) is 0 Å². The fourth-order valence-electron chi connectivity index (χ4n) is 1.27. The number of nitrogens with one attached hydrogen (secondary N) is 1. The second-order valence-corrected chi connectivity index (χ2v) is 6.42. The lowest BCUT2D eigenvalue weighted by Crippen LogP contribution is -2.34. The van der Waals surface area contributed by atoms with E-state index in [0.29, 0.717) is 6.54 Å². The van der Waals surface area contributed by atoms with E-state index < -0.39 is 0 Å². The standard InChI is InChI=1S/C10H17BrN2S/c1-10(2,7-13-6-5-12)8-3-4-9(11)14-8/h3-4,13H,5-7,12H2,1-2H3. The third-order valence-electron chi connectivity index (χ3n) is 2.13. The zero-order valence-electron chi connectivity index (χ0n) is 8.64. The number of thiophene rings is 1. The van der Waals surface area contributed by atoms with Crippen molar-refractivity contribution in [2.75, 3.05) is 19.6 Å². The Morgan fingerprint density at radius 3 is 2.71 bits per heavy atom. The molecule has 1 rings (SSSR count). The summed E-state index contributed by atoms with van der Waals surface area (Å²) in [6.45, 7) is 7.04. The molecule has 0 unspecified atom stereocenters. The summed E-state index contributed by atoms with van der Waals surface area (Å²) < 4.78 is 1.19. The van der Waals surface area contributed by atoms with Gasteiger partial charge < -0.3 is 11.1 Å². The number of hydrogen-bond acceptors (Lipinski definition) is 3. The third-order valence-corrected chi connectivity index (χ3v) is 4.12. The third kappa shape index (κ3) is 3.35. The van der Waals surface area contributed by atoms with Gasteiger partial charge in [-0.25, -0.2) is 0 Å². The van der Waals surface area contributed by atoms with Gasteiger partial charge in [0, 0.05) is 29.9 Å². The molecule has 0 amide bonds. The minimum Gasteiger partial charge on any atom is -0.329 e. The molecule has 1 heterocycles. The molecule has 0 bridgehead atoms. The predicted octanol–water partition coefficient (Wildman–Crippen LogP) is 2.34. The van der Waals surface area contributed by atoms with Crippen molar-refractivity contribution >= 4 is 27.3 Å². The summed E-state index contributed by atoms with van der Waals surface area (Å²) in [5.41, 5.74) is 5.62. The van der Waals surface area contributed by atoms with Crippen molar-refractivity contribution in [3.8, 4) is 0 Å².